The van der Waals surface area contributed by atoms with Gasteiger partial charge < -0.3 is 4.74 Å². The van der Waals surface area contributed by atoms with Crippen molar-refractivity contribution < 1.29 is 9.53 Å². The topological polar surface area (TPSA) is 89.7 Å². The molecule has 0 bridgehead atoms. The van der Waals surface area contributed by atoms with E-state index < -0.39 is 0 Å². The maximum absolute atomic E-state index is 12.3. The van der Waals surface area contributed by atoms with Crippen LogP contribution in [0.4, 0.5) is 0 Å². The number of nitrogens with zero attached hydrogens (tertiary/aromatic N) is 1. The zero-order chi connectivity index (χ0) is 16.8. The highest BCUT2D eigenvalue weighted by Crippen LogP contribution is 2.29. The van der Waals surface area contributed by atoms with Gasteiger partial charge in [-0.2, -0.15) is 11.1 Å². The second-order valence-electron chi connectivity index (χ2n) is 7.16. The molecule has 3 rings (SSSR count). The van der Waals surface area contributed by atoms with Gasteiger partial charge in [-0.25, -0.2) is 15.9 Å². The van der Waals surface area contributed by atoms with E-state index in [9.17, 15) is 4.79 Å². The molecule has 8 nitrogen and oxygen atoms in total. The Hall–Kier alpha value is -0.770. The summed E-state index contributed by atoms with van der Waals surface area (Å²) < 4.78 is 5.53. The molecule has 2 aliphatic heterocycles. The minimum Gasteiger partial charge on any atom is -0.461 e. The Labute approximate surface area is 144 Å². The average molecular weight is 340 g/mol. The van der Waals surface area contributed by atoms with Crippen molar-refractivity contribution in [1.29, 1.82) is 0 Å². The van der Waals surface area contributed by atoms with E-state index in [0.29, 0.717) is 18.6 Å². The van der Waals surface area contributed by atoms with Gasteiger partial charge in [0, 0.05) is 12.6 Å². The fourth-order valence-corrected chi connectivity index (χ4v) is 3.86. The van der Waals surface area contributed by atoms with Gasteiger partial charge in [-0.05, 0) is 31.6 Å². The van der Waals surface area contributed by atoms with Crippen molar-refractivity contribution in [3.8, 4) is 0 Å². The Morgan fingerprint density at radius 3 is 2.79 bits per heavy atom. The fourth-order valence-electron chi connectivity index (χ4n) is 3.86. The van der Waals surface area contributed by atoms with E-state index in [1.165, 1.54) is 32.1 Å². The van der Waals surface area contributed by atoms with Crippen molar-refractivity contribution in [3.05, 3.63) is 0 Å². The average Bonchev–Trinajstić information content (AvgIpc) is 3.28. The standard InChI is InChI=1S/C16H32N6O2/c1-2-3-9-22-15(19-20-21-22)11-24-16(23)14-10-13(17-18-14)12-7-5-4-6-8-12/h12-15,17-21H,2-11H2,1H3. The number of rotatable bonds is 7. The molecule has 0 aromatic carbocycles. The van der Waals surface area contributed by atoms with Crippen molar-refractivity contribution in [1.82, 2.24) is 32.4 Å². The molecular weight excluding hydrogens is 308 g/mol. The first-order valence-corrected chi connectivity index (χ1v) is 9.48. The third-order valence-electron chi connectivity index (χ3n) is 5.39. The number of ether oxygens (including phenoxy) is 1. The number of hydrogen-bond acceptors (Lipinski definition) is 8. The van der Waals surface area contributed by atoms with Crippen LogP contribution in [0.5, 0.6) is 0 Å². The molecule has 0 radical (unpaired) electrons. The van der Waals surface area contributed by atoms with Gasteiger partial charge in [0.1, 0.15) is 18.8 Å². The maximum atomic E-state index is 12.3. The molecule has 24 heavy (non-hydrogen) atoms. The molecule has 0 amide bonds. The molecule has 3 atom stereocenters. The van der Waals surface area contributed by atoms with Crippen LogP contribution in [-0.2, 0) is 9.53 Å². The second kappa shape index (κ2) is 9.07. The molecule has 3 aliphatic rings. The highest BCUT2D eigenvalue weighted by atomic mass is 16.5. The zero-order valence-corrected chi connectivity index (χ0v) is 14.6. The number of nitrogens with one attached hydrogen (secondary N) is 5. The highest BCUT2D eigenvalue weighted by molar-refractivity contribution is 5.76. The van der Waals surface area contributed by atoms with Crippen LogP contribution in [0.2, 0.25) is 0 Å². The lowest BCUT2D eigenvalue weighted by atomic mass is 9.82. The van der Waals surface area contributed by atoms with Gasteiger partial charge in [0.2, 0.25) is 0 Å². The van der Waals surface area contributed by atoms with Gasteiger partial charge in [-0.15, -0.1) is 0 Å². The Morgan fingerprint density at radius 2 is 2.00 bits per heavy atom. The van der Waals surface area contributed by atoms with Gasteiger partial charge in [0.05, 0.1) is 0 Å². The van der Waals surface area contributed by atoms with E-state index in [4.69, 9.17) is 4.74 Å². The van der Waals surface area contributed by atoms with Gasteiger partial charge >= 0.3 is 5.97 Å². The summed E-state index contributed by atoms with van der Waals surface area (Å²) in [5, 5.41) is 2.03. The Balaban J connectivity index is 1.39. The van der Waals surface area contributed by atoms with E-state index in [1.54, 1.807) is 0 Å². The lowest BCUT2D eigenvalue weighted by molar-refractivity contribution is -0.147. The first-order valence-electron chi connectivity index (χ1n) is 9.48. The fraction of sp³-hybridized carbons (Fsp3) is 0.938. The van der Waals surface area contributed by atoms with E-state index in [-0.39, 0.29) is 18.2 Å². The van der Waals surface area contributed by atoms with Gasteiger partial charge in [-0.1, -0.05) is 32.6 Å². The Morgan fingerprint density at radius 1 is 1.17 bits per heavy atom. The van der Waals surface area contributed by atoms with Crippen LogP contribution in [0.15, 0.2) is 0 Å². The first-order chi connectivity index (χ1) is 11.8. The predicted molar refractivity (Wildman–Crippen MR) is 90.8 cm³/mol. The molecule has 2 heterocycles. The Kier molecular flexibility index (Phi) is 6.82. The number of hydrazine groups is 4. The van der Waals surface area contributed by atoms with Crippen molar-refractivity contribution in [2.24, 2.45) is 5.92 Å². The molecule has 138 valence electrons. The van der Waals surface area contributed by atoms with Crippen LogP contribution >= 0.6 is 0 Å². The molecule has 2 saturated heterocycles. The van der Waals surface area contributed by atoms with Crippen molar-refractivity contribution in [3.63, 3.8) is 0 Å². The monoisotopic (exact) mass is 340 g/mol. The molecule has 3 fully saturated rings. The number of esters is 1. The molecule has 0 spiro atoms. The minimum atomic E-state index is -0.233. The molecule has 1 saturated carbocycles. The van der Waals surface area contributed by atoms with E-state index in [0.717, 1.165) is 25.8 Å². The molecule has 1 aliphatic carbocycles. The second-order valence-corrected chi connectivity index (χ2v) is 7.16. The zero-order valence-electron chi connectivity index (χ0n) is 14.6. The van der Waals surface area contributed by atoms with Crippen LogP contribution in [-0.4, -0.2) is 42.4 Å². The SMILES string of the molecule is CCCCN1NNNC1COC(=O)C1CC(C2CCCCC2)NN1. The number of carbonyl (C=O) groups is 1. The van der Waals surface area contributed by atoms with Crippen molar-refractivity contribution in [2.75, 3.05) is 13.2 Å². The van der Waals surface area contributed by atoms with E-state index in [1.807, 2.05) is 5.01 Å². The lowest BCUT2D eigenvalue weighted by Crippen LogP contribution is -2.45. The quantitative estimate of drug-likeness (QED) is 0.423. The van der Waals surface area contributed by atoms with Crippen molar-refractivity contribution in [2.45, 2.75) is 76.5 Å². The molecule has 0 aromatic rings. The summed E-state index contributed by atoms with van der Waals surface area (Å²) in [7, 11) is 0. The molecule has 8 heteroatoms. The van der Waals surface area contributed by atoms with Crippen LogP contribution in [0.1, 0.15) is 58.3 Å². The van der Waals surface area contributed by atoms with Crippen LogP contribution < -0.4 is 27.3 Å². The summed E-state index contributed by atoms with van der Waals surface area (Å²) in [6.45, 7) is 3.40. The largest absolute Gasteiger partial charge is 0.461 e. The van der Waals surface area contributed by atoms with E-state index >= 15 is 0 Å². The smallest absolute Gasteiger partial charge is 0.324 e. The van der Waals surface area contributed by atoms with Gasteiger partial charge in [0.15, 0.2) is 0 Å². The summed E-state index contributed by atoms with van der Waals surface area (Å²) in [5.41, 5.74) is 15.4. The van der Waals surface area contributed by atoms with Crippen LogP contribution in [0, 0.1) is 5.92 Å². The predicted octanol–water partition coefficient (Wildman–Crippen LogP) is 0.301. The normalized spacial score (nSPS) is 32.3. The number of carbonyl (C=O) groups excluding carboxylic acids is 1. The Bertz CT molecular complexity index is 404. The summed E-state index contributed by atoms with van der Waals surface area (Å²) in [4.78, 5) is 12.3. The molecular formula is C16H32N6O2. The van der Waals surface area contributed by atoms with Crippen molar-refractivity contribution >= 4 is 5.97 Å². The highest BCUT2D eigenvalue weighted by Gasteiger charge is 2.36. The summed E-state index contributed by atoms with van der Waals surface area (Å²) in [6, 6.07) is 0.167. The summed E-state index contributed by atoms with van der Waals surface area (Å²) in [5.74, 6) is 0.531. The minimum absolute atomic E-state index is 0.0380. The third-order valence-corrected chi connectivity index (χ3v) is 5.39. The number of hydrogen-bond donors (Lipinski definition) is 5. The summed E-state index contributed by atoms with van der Waals surface area (Å²) >= 11 is 0. The molecule has 5 N–H and O–H groups in total. The van der Waals surface area contributed by atoms with Crippen LogP contribution in [0.3, 0.4) is 0 Å². The summed E-state index contributed by atoms with van der Waals surface area (Å²) in [6.07, 6.45) is 9.56. The maximum Gasteiger partial charge on any atom is 0.324 e. The molecule has 0 aromatic heterocycles. The van der Waals surface area contributed by atoms with Gasteiger partial charge in [-0.3, -0.25) is 10.2 Å². The third kappa shape index (κ3) is 4.65. The lowest BCUT2D eigenvalue weighted by Gasteiger charge is -2.26. The first kappa shape index (κ1) is 18.0. The van der Waals surface area contributed by atoms with Gasteiger partial charge in [0.25, 0.3) is 0 Å². The van der Waals surface area contributed by atoms with E-state index in [2.05, 4.69) is 34.3 Å². The molecule has 3 unspecified atom stereocenters. The number of unbranched alkanes of at least 4 members (excludes halogenated alkanes) is 1. The van der Waals surface area contributed by atoms with Crippen LogP contribution in [0.25, 0.3) is 0 Å².